The first-order valence-corrected chi connectivity index (χ1v) is 15.2. The van der Waals surface area contributed by atoms with Crippen LogP contribution in [0.2, 0.25) is 0 Å². The van der Waals surface area contributed by atoms with E-state index < -0.39 is 0 Å². The van der Waals surface area contributed by atoms with Crippen molar-refractivity contribution in [1.29, 1.82) is 0 Å². The third kappa shape index (κ3) is 13.6. The molecule has 0 saturated heterocycles. The number of thioether (sulfide) groups is 1. The van der Waals surface area contributed by atoms with Crippen molar-refractivity contribution in [3.8, 4) is 0 Å². The Morgan fingerprint density at radius 1 is 1.06 bits per heavy atom. The van der Waals surface area contributed by atoms with E-state index in [2.05, 4.69) is 81.3 Å². The second kappa shape index (κ2) is 19.5. The molecule has 0 heterocycles. The van der Waals surface area contributed by atoms with Gasteiger partial charge in [0.05, 0.1) is 5.69 Å². The van der Waals surface area contributed by atoms with E-state index in [4.69, 9.17) is 0 Å². The molecule has 0 fully saturated rings. The topological polar surface area (TPSA) is 44.7 Å². The highest BCUT2D eigenvalue weighted by Crippen LogP contribution is 2.33. The van der Waals surface area contributed by atoms with E-state index >= 15 is 0 Å². The van der Waals surface area contributed by atoms with Gasteiger partial charge < -0.3 is 5.32 Å². The van der Waals surface area contributed by atoms with E-state index in [0.29, 0.717) is 12.3 Å². The fraction of sp³-hybridized carbons (Fsp3) is 0.677. The molecule has 204 valence electrons. The number of benzene rings is 1. The Morgan fingerprint density at radius 2 is 1.75 bits per heavy atom. The van der Waals surface area contributed by atoms with Crippen molar-refractivity contribution in [3.63, 3.8) is 0 Å². The second-order valence-electron chi connectivity index (χ2n) is 10.2. The van der Waals surface area contributed by atoms with Gasteiger partial charge in [-0.15, -0.1) is 11.8 Å². The lowest BCUT2D eigenvalue weighted by molar-refractivity contribution is -0.121. The highest BCUT2D eigenvalue weighted by molar-refractivity contribution is 7.99. The summed E-state index contributed by atoms with van der Waals surface area (Å²) >= 11 is 1.78. The van der Waals surface area contributed by atoms with Gasteiger partial charge in [-0.05, 0) is 68.4 Å². The largest absolute Gasteiger partial charge is 0.353 e. The molecule has 5 heteroatoms. The SMILES string of the molecule is C=Nc1ccc(C(C)C)cc1SCCCC(=O)NC(CCCCCCCC)CC(=C)CN(CC)CC. The van der Waals surface area contributed by atoms with Crippen LogP contribution in [0.3, 0.4) is 0 Å². The molecule has 0 aromatic heterocycles. The van der Waals surface area contributed by atoms with Crippen LogP contribution in [0.1, 0.15) is 110 Å². The van der Waals surface area contributed by atoms with Crippen molar-refractivity contribution >= 4 is 30.1 Å². The maximum Gasteiger partial charge on any atom is 0.220 e. The van der Waals surface area contributed by atoms with Gasteiger partial charge in [0.15, 0.2) is 0 Å². The maximum absolute atomic E-state index is 12.8. The second-order valence-corrected chi connectivity index (χ2v) is 11.4. The molecule has 0 aliphatic rings. The molecule has 0 saturated carbocycles. The molecule has 0 aliphatic carbocycles. The van der Waals surface area contributed by atoms with Crippen LogP contribution in [-0.4, -0.2) is 49.0 Å². The lowest BCUT2D eigenvalue weighted by Gasteiger charge is -2.24. The Hall–Kier alpha value is -1.59. The van der Waals surface area contributed by atoms with E-state index in [9.17, 15) is 4.79 Å². The van der Waals surface area contributed by atoms with Gasteiger partial charge in [-0.1, -0.05) is 91.4 Å². The van der Waals surface area contributed by atoms with Gasteiger partial charge in [0.25, 0.3) is 0 Å². The molecule has 0 radical (unpaired) electrons. The van der Waals surface area contributed by atoms with Crippen LogP contribution in [0.5, 0.6) is 0 Å². The fourth-order valence-electron chi connectivity index (χ4n) is 4.42. The number of hydrogen-bond donors (Lipinski definition) is 1. The van der Waals surface area contributed by atoms with E-state index in [1.165, 1.54) is 49.7 Å². The summed E-state index contributed by atoms with van der Waals surface area (Å²) in [5, 5.41) is 3.35. The van der Waals surface area contributed by atoms with Gasteiger partial charge in [-0.2, -0.15) is 0 Å². The third-order valence-electron chi connectivity index (χ3n) is 6.77. The third-order valence-corrected chi connectivity index (χ3v) is 7.91. The number of carbonyl (C=O) groups excluding carboxylic acids is 1. The van der Waals surface area contributed by atoms with Crippen molar-refractivity contribution in [1.82, 2.24) is 10.2 Å². The summed E-state index contributed by atoms with van der Waals surface area (Å²) in [6.45, 7) is 22.1. The van der Waals surface area contributed by atoms with Crippen LogP contribution in [0.15, 0.2) is 40.2 Å². The lowest BCUT2D eigenvalue weighted by Crippen LogP contribution is -2.36. The minimum absolute atomic E-state index is 0.167. The summed E-state index contributed by atoms with van der Waals surface area (Å²) in [5.41, 5.74) is 3.46. The van der Waals surface area contributed by atoms with Crippen LogP contribution in [0.25, 0.3) is 0 Å². The molecule has 1 N–H and O–H groups in total. The lowest BCUT2D eigenvalue weighted by atomic mass is 9.99. The van der Waals surface area contributed by atoms with Crippen molar-refractivity contribution in [3.05, 3.63) is 35.9 Å². The predicted octanol–water partition coefficient (Wildman–Crippen LogP) is 8.54. The molecule has 1 aromatic carbocycles. The minimum Gasteiger partial charge on any atom is -0.353 e. The van der Waals surface area contributed by atoms with Crippen LogP contribution >= 0.6 is 11.8 Å². The standard InChI is InChI=1S/C31H53N3OS/c1-8-11-12-13-14-15-17-28(22-26(6)24-34(9-2)10-3)33-31(35)18-16-21-36-30-23-27(25(4)5)19-20-29(30)32-7/h19-20,23,25,28H,6-18,21-22,24H2,1-5H3,(H,33,35). The molecule has 0 bridgehead atoms. The molecule has 1 aromatic rings. The zero-order valence-electron chi connectivity index (χ0n) is 23.9. The maximum atomic E-state index is 12.8. The number of likely N-dealkylation sites (N-methyl/N-ethyl adjacent to an activating group) is 1. The molecule has 1 unspecified atom stereocenters. The summed E-state index contributed by atoms with van der Waals surface area (Å²) in [5.74, 6) is 1.54. The smallest absolute Gasteiger partial charge is 0.220 e. The number of nitrogens with zero attached hydrogens (tertiary/aromatic N) is 2. The molecular weight excluding hydrogens is 462 g/mol. The Kier molecular flexibility index (Phi) is 17.6. The first kappa shape index (κ1) is 32.4. The van der Waals surface area contributed by atoms with Crippen LogP contribution < -0.4 is 5.32 Å². The van der Waals surface area contributed by atoms with Gasteiger partial charge in [0.2, 0.25) is 5.91 Å². The summed E-state index contributed by atoms with van der Waals surface area (Å²) in [4.78, 5) is 20.6. The predicted molar refractivity (Wildman–Crippen MR) is 161 cm³/mol. The zero-order chi connectivity index (χ0) is 26.8. The summed E-state index contributed by atoms with van der Waals surface area (Å²) in [7, 11) is 0. The van der Waals surface area contributed by atoms with E-state index in [1.807, 2.05) is 0 Å². The first-order valence-electron chi connectivity index (χ1n) is 14.3. The normalized spacial score (nSPS) is 12.2. The number of unbranched alkanes of at least 4 members (excludes halogenated alkanes) is 5. The molecule has 0 spiro atoms. The van der Waals surface area contributed by atoms with Crippen LogP contribution in [-0.2, 0) is 4.79 Å². The zero-order valence-corrected chi connectivity index (χ0v) is 24.7. The number of amides is 1. The van der Waals surface area contributed by atoms with Gasteiger partial charge in [0, 0.05) is 23.9 Å². The molecule has 4 nitrogen and oxygen atoms in total. The highest BCUT2D eigenvalue weighted by atomic mass is 32.2. The van der Waals surface area contributed by atoms with Crippen LogP contribution in [0, 0.1) is 0 Å². The number of hydrogen-bond acceptors (Lipinski definition) is 4. The van der Waals surface area contributed by atoms with E-state index in [-0.39, 0.29) is 11.9 Å². The average molecular weight is 516 g/mol. The Bertz CT molecular complexity index is 773. The summed E-state index contributed by atoms with van der Waals surface area (Å²) in [6.07, 6.45) is 11.0. The summed E-state index contributed by atoms with van der Waals surface area (Å²) < 4.78 is 0. The highest BCUT2D eigenvalue weighted by Gasteiger charge is 2.15. The van der Waals surface area contributed by atoms with E-state index in [1.54, 1.807) is 11.8 Å². The van der Waals surface area contributed by atoms with Crippen LogP contribution in [0.4, 0.5) is 5.69 Å². The van der Waals surface area contributed by atoms with Crippen molar-refractivity contribution in [2.75, 3.05) is 25.4 Å². The van der Waals surface area contributed by atoms with Gasteiger partial charge in [0.1, 0.15) is 0 Å². The quantitative estimate of drug-likeness (QED) is 0.0772. The van der Waals surface area contributed by atoms with Gasteiger partial charge in [-0.25, -0.2) is 0 Å². The molecule has 1 amide bonds. The van der Waals surface area contributed by atoms with Crippen molar-refractivity contribution in [2.45, 2.75) is 116 Å². The minimum atomic E-state index is 0.167. The average Bonchev–Trinajstić information content (AvgIpc) is 2.86. The molecular formula is C31H53N3OS. The summed E-state index contributed by atoms with van der Waals surface area (Å²) in [6, 6.07) is 6.59. The number of carbonyl (C=O) groups is 1. The van der Waals surface area contributed by atoms with E-state index in [0.717, 1.165) is 55.2 Å². The Balaban J connectivity index is 2.56. The fourth-order valence-corrected chi connectivity index (χ4v) is 5.43. The molecule has 1 atom stereocenters. The molecule has 0 aliphatic heterocycles. The Labute approximate surface area is 226 Å². The Morgan fingerprint density at radius 3 is 2.39 bits per heavy atom. The monoisotopic (exact) mass is 515 g/mol. The molecule has 36 heavy (non-hydrogen) atoms. The van der Waals surface area contributed by atoms with Crippen molar-refractivity contribution < 1.29 is 4.79 Å². The molecule has 1 rings (SSSR count). The number of aliphatic imine (C=N–C) groups is 1. The van der Waals surface area contributed by atoms with Gasteiger partial charge >= 0.3 is 0 Å². The van der Waals surface area contributed by atoms with Crippen molar-refractivity contribution in [2.24, 2.45) is 4.99 Å². The first-order chi connectivity index (χ1) is 17.3. The van der Waals surface area contributed by atoms with Gasteiger partial charge in [-0.3, -0.25) is 14.7 Å². The number of nitrogens with one attached hydrogen (secondary N) is 1. The number of rotatable bonds is 21.